The van der Waals surface area contributed by atoms with Gasteiger partial charge >= 0.3 is 0 Å². The van der Waals surface area contributed by atoms with Crippen LogP contribution in [-0.2, 0) is 7.05 Å². The molecule has 0 atom stereocenters. The fourth-order valence-electron chi connectivity index (χ4n) is 3.19. The third-order valence-corrected chi connectivity index (χ3v) is 4.74. The molecule has 1 aliphatic rings. The van der Waals surface area contributed by atoms with Gasteiger partial charge in [-0.25, -0.2) is 9.37 Å². The van der Waals surface area contributed by atoms with Crippen molar-refractivity contribution in [1.82, 2.24) is 20.1 Å². The topological polar surface area (TPSA) is 54.8 Å². The molecule has 2 heterocycles. The molecule has 1 saturated carbocycles. The maximum Gasteiger partial charge on any atom is 0.131 e. The van der Waals surface area contributed by atoms with Crippen LogP contribution in [-0.4, -0.2) is 40.1 Å². The number of nitrogens with one attached hydrogen (secondary N) is 2. The lowest BCUT2D eigenvalue weighted by atomic mass is 9.91. The van der Waals surface area contributed by atoms with Crippen LogP contribution in [0.3, 0.4) is 0 Å². The molecule has 7 heteroatoms. The molecule has 2 aromatic rings. The standard InChI is InChI=1S/C19H23ClFN5/c1-26-13-14(11-24-26)2-3-15-12-23-19(20)10-18(15)25-17-6-4-16(5-7-17)22-9-8-21/h10-13,16-17,22H,4-9H2,1H3,(H,23,25). The predicted molar refractivity (Wildman–Crippen MR) is 102 cm³/mol. The first kappa shape index (κ1) is 18.7. The molecule has 0 amide bonds. The summed E-state index contributed by atoms with van der Waals surface area (Å²) in [6.45, 7) is 0.128. The van der Waals surface area contributed by atoms with Crippen molar-refractivity contribution >= 4 is 17.3 Å². The summed E-state index contributed by atoms with van der Waals surface area (Å²) >= 11 is 6.08. The number of hydrogen-bond donors (Lipinski definition) is 2. The van der Waals surface area contributed by atoms with Crippen molar-refractivity contribution in [3.8, 4) is 11.8 Å². The van der Waals surface area contributed by atoms with Crippen LogP contribution < -0.4 is 10.6 Å². The number of anilines is 1. The average molecular weight is 376 g/mol. The normalized spacial score (nSPS) is 19.7. The summed E-state index contributed by atoms with van der Waals surface area (Å²) < 4.78 is 14.0. The van der Waals surface area contributed by atoms with Gasteiger partial charge in [0.05, 0.1) is 23.0 Å². The van der Waals surface area contributed by atoms with Crippen molar-refractivity contribution < 1.29 is 4.39 Å². The molecule has 0 unspecified atom stereocenters. The van der Waals surface area contributed by atoms with Crippen molar-refractivity contribution in [2.45, 2.75) is 37.8 Å². The first-order chi connectivity index (χ1) is 12.6. The first-order valence-electron chi connectivity index (χ1n) is 8.86. The highest BCUT2D eigenvalue weighted by molar-refractivity contribution is 6.29. The highest BCUT2D eigenvalue weighted by Crippen LogP contribution is 2.25. The zero-order valence-electron chi connectivity index (χ0n) is 14.8. The molecule has 0 saturated heterocycles. The molecule has 0 aliphatic heterocycles. The highest BCUT2D eigenvalue weighted by atomic mass is 35.5. The summed E-state index contributed by atoms with van der Waals surface area (Å²) in [7, 11) is 1.86. The lowest BCUT2D eigenvalue weighted by molar-refractivity contribution is 0.339. The Kier molecular flexibility index (Phi) is 6.48. The van der Waals surface area contributed by atoms with Crippen LogP contribution in [0.5, 0.6) is 0 Å². The summed E-state index contributed by atoms with van der Waals surface area (Å²) in [5.41, 5.74) is 2.57. The van der Waals surface area contributed by atoms with E-state index in [4.69, 9.17) is 11.6 Å². The summed E-state index contributed by atoms with van der Waals surface area (Å²) in [4.78, 5) is 4.15. The summed E-state index contributed by atoms with van der Waals surface area (Å²) in [5.74, 6) is 6.26. The number of nitrogens with zero attached hydrogens (tertiary/aromatic N) is 3. The van der Waals surface area contributed by atoms with E-state index in [9.17, 15) is 4.39 Å². The van der Waals surface area contributed by atoms with Gasteiger partial charge in [-0.1, -0.05) is 23.4 Å². The van der Waals surface area contributed by atoms with E-state index in [1.165, 1.54) is 0 Å². The molecule has 26 heavy (non-hydrogen) atoms. The van der Waals surface area contributed by atoms with Crippen LogP contribution in [0.2, 0.25) is 5.15 Å². The SMILES string of the molecule is Cn1cc(C#Cc2cnc(Cl)cc2NC2CCC(NCCF)CC2)cn1. The van der Waals surface area contributed by atoms with Gasteiger partial charge in [-0.3, -0.25) is 4.68 Å². The minimum Gasteiger partial charge on any atom is -0.381 e. The van der Waals surface area contributed by atoms with Gasteiger partial charge < -0.3 is 10.6 Å². The molecule has 2 aromatic heterocycles. The van der Waals surface area contributed by atoms with Crippen molar-refractivity contribution in [3.63, 3.8) is 0 Å². The van der Waals surface area contributed by atoms with Gasteiger partial charge in [0.25, 0.3) is 0 Å². The summed E-state index contributed by atoms with van der Waals surface area (Å²) in [5, 5.41) is 11.4. The fourth-order valence-corrected chi connectivity index (χ4v) is 3.35. The Hall–Kier alpha value is -2.10. The summed E-state index contributed by atoms with van der Waals surface area (Å²) in [6, 6.07) is 2.59. The van der Waals surface area contributed by atoms with Crippen LogP contribution in [0.15, 0.2) is 24.7 Å². The zero-order chi connectivity index (χ0) is 18.4. The van der Waals surface area contributed by atoms with Crippen LogP contribution >= 0.6 is 11.6 Å². The van der Waals surface area contributed by atoms with Crippen LogP contribution in [0, 0.1) is 11.8 Å². The molecule has 138 valence electrons. The Morgan fingerprint density at radius 3 is 2.69 bits per heavy atom. The number of aromatic nitrogens is 3. The molecule has 0 spiro atoms. The minimum absolute atomic E-state index is 0.313. The van der Waals surface area contributed by atoms with Gasteiger partial charge in [0.15, 0.2) is 0 Å². The van der Waals surface area contributed by atoms with E-state index >= 15 is 0 Å². The second-order valence-corrected chi connectivity index (χ2v) is 6.93. The maximum atomic E-state index is 12.3. The van der Waals surface area contributed by atoms with E-state index < -0.39 is 0 Å². The van der Waals surface area contributed by atoms with Crippen LogP contribution in [0.25, 0.3) is 0 Å². The lowest BCUT2D eigenvalue weighted by Crippen LogP contribution is -2.37. The second kappa shape index (κ2) is 9.02. The van der Waals surface area contributed by atoms with Crippen molar-refractivity contribution in [2.75, 3.05) is 18.5 Å². The van der Waals surface area contributed by atoms with Gasteiger partial charge in [0, 0.05) is 38.1 Å². The molecule has 0 aromatic carbocycles. The Morgan fingerprint density at radius 2 is 2.00 bits per heavy atom. The van der Waals surface area contributed by atoms with E-state index in [0.29, 0.717) is 23.8 Å². The quantitative estimate of drug-likeness (QED) is 0.622. The van der Waals surface area contributed by atoms with Crippen molar-refractivity contribution in [1.29, 1.82) is 0 Å². The molecular weight excluding hydrogens is 353 g/mol. The smallest absolute Gasteiger partial charge is 0.131 e. The number of alkyl halides is 1. The van der Waals surface area contributed by atoms with E-state index in [-0.39, 0.29) is 6.67 Å². The lowest BCUT2D eigenvalue weighted by Gasteiger charge is -2.30. The molecule has 1 fully saturated rings. The van der Waals surface area contributed by atoms with Gasteiger partial charge in [-0.05, 0) is 31.7 Å². The highest BCUT2D eigenvalue weighted by Gasteiger charge is 2.21. The fraction of sp³-hybridized carbons (Fsp3) is 0.474. The van der Waals surface area contributed by atoms with E-state index in [1.807, 2.05) is 19.3 Å². The molecule has 0 radical (unpaired) electrons. The zero-order valence-corrected chi connectivity index (χ0v) is 15.6. The van der Waals surface area contributed by atoms with Gasteiger partial charge in [-0.2, -0.15) is 5.10 Å². The monoisotopic (exact) mass is 375 g/mol. The summed E-state index contributed by atoms with van der Waals surface area (Å²) in [6.07, 6.45) is 9.42. The average Bonchev–Trinajstić information content (AvgIpc) is 3.06. The van der Waals surface area contributed by atoms with E-state index in [2.05, 4.69) is 32.6 Å². The van der Waals surface area contributed by atoms with E-state index in [0.717, 1.165) is 42.5 Å². The molecular formula is C19H23ClFN5. The number of aryl methyl sites for hydroxylation is 1. The third kappa shape index (κ3) is 5.20. The predicted octanol–water partition coefficient (Wildman–Crippen LogP) is 3.15. The Bertz CT molecular complexity index is 787. The van der Waals surface area contributed by atoms with Crippen molar-refractivity contribution in [3.05, 3.63) is 40.9 Å². The third-order valence-electron chi connectivity index (χ3n) is 4.53. The molecule has 5 nitrogen and oxygen atoms in total. The first-order valence-corrected chi connectivity index (χ1v) is 9.24. The molecule has 0 bridgehead atoms. The van der Waals surface area contributed by atoms with Gasteiger partial charge in [0.2, 0.25) is 0 Å². The number of pyridine rings is 1. The second-order valence-electron chi connectivity index (χ2n) is 6.54. The molecule has 1 aliphatic carbocycles. The van der Waals surface area contributed by atoms with Gasteiger partial charge in [-0.15, -0.1) is 0 Å². The maximum absolute atomic E-state index is 12.3. The number of hydrogen-bond acceptors (Lipinski definition) is 4. The van der Waals surface area contributed by atoms with Crippen molar-refractivity contribution in [2.24, 2.45) is 7.05 Å². The van der Waals surface area contributed by atoms with Gasteiger partial charge in [0.1, 0.15) is 11.8 Å². The number of halogens is 2. The van der Waals surface area contributed by atoms with E-state index in [1.54, 1.807) is 17.1 Å². The number of rotatable bonds is 5. The van der Waals surface area contributed by atoms with Crippen LogP contribution in [0.1, 0.15) is 36.8 Å². The Balaban J connectivity index is 1.66. The Morgan fingerprint density at radius 1 is 1.23 bits per heavy atom. The van der Waals surface area contributed by atoms with Crippen LogP contribution in [0.4, 0.5) is 10.1 Å². The molecule has 2 N–H and O–H groups in total. The molecule has 3 rings (SSSR count). The Labute approximate surface area is 158 Å². The minimum atomic E-state index is -0.313. The largest absolute Gasteiger partial charge is 0.381 e.